The first-order chi connectivity index (χ1) is 6.65. The fourth-order valence-corrected chi connectivity index (χ4v) is 1.70. The summed E-state index contributed by atoms with van der Waals surface area (Å²) in [6.45, 7) is 5.63. The molecule has 0 aliphatic carbocycles. The van der Waals surface area contributed by atoms with Crippen molar-refractivity contribution in [3.63, 3.8) is 0 Å². The van der Waals surface area contributed by atoms with E-state index < -0.39 is 0 Å². The molecule has 1 saturated heterocycles. The number of nitrogens with zero attached hydrogens (tertiary/aromatic N) is 2. The molecule has 0 saturated carbocycles. The van der Waals surface area contributed by atoms with E-state index in [1.165, 1.54) is 0 Å². The van der Waals surface area contributed by atoms with Gasteiger partial charge in [-0.1, -0.05) is 13.3 Å². The molecule has 2 N–H and O–H groups in total. The first kappa shape index (κ1) is 11.5. The van der Waals surface area contributed by atoms with Gasteiger partial charge in [-0.05, 0) is 13.5 Å². The van der Waals surface area contributed by atoms with Gasteiger partial charge < -0.3 is 15.5 Å². The number of nitrogens with two attached hydrogens (primary N) is 1. The average Bonchev–Trinajstić information content (AvgIpc) is 2.18. The molecule has 1 aliphatic heterocycles. The van der Waals surface area contributed by atoms with Gasteiger partial charge in [0.05, 0.1) is 6.04 Å². The molecule has 4 nitrogen and oxygen atoms in total. The van der Waals surface area contributed by atoms with Crippen molar-refractivity contribution in [2.24, 2.45) is 5.73 Å². The minimum Gasteiger partial charge on any atom is -0.339 e. The molecule has 1 atom stereocenters. The van der Waals surface area contributed by atoms with E-state index in [0.717, 1.165) is 39.0 Å². The van der Waals surface area contributed by atoms with E-state index in [0.29, 0.717) is 0 Å². The minimum atomic E-state index is -0.289. The molecule has 1 fully saturated rings. The summed E-state index contributed by atoms with van der Waals surface area (Å²) in [5, 5.41) is 0. The molecule has 0 bridgehead atoms. The second-order valence-electron chi connectivity index (χ2n) is 4.02. The van der Waals surface area contributed by atoms with Crippen molar-refractivity contribution in [3.8, 4) is 0 Å². The van der Waals surface area contributed by atoms with Crippen molar-refractivity contribution in [3.05, 3.63) is 0 Å². The third-order valence-electron chi connectivity index (χ3n) is 2.73. The first-order valence-corrected chi connectivity index (χ1v) is 5.38. The molecule has 1 aliphatic rings. The Bertz CT molecular complexity index is 188. The Balaban J connectivity index is 2.37. The molecular weight excluding hydrogens is 178 g/mol. The molecule has 14 heavy (non-hydrogen) atoms. The van der Waals surface area contributed by atoms with Crippen LogP contribution in [-0.4, -0.2) is 55.0 Å². The zero-order valence-corrected chi connectivity index (χ0v) is 9.20. The predicted molar refractivity (Wildman–Crippen MR) is 57.0 cm³/mol. The van der Waals surface area contributed by atoms with Gasteiger partial charge in [0.2, 0.25) is 5.91 Å². The smallest absolute Gasteiger partial charge is 0.239 e. The van der Waals surface area contributed by atoms with Crippen LogP contribution >= 0.6 is 0 Å². The Hall–Kier alpha value is -0.610. The second kappa shape index (κ2) is 5.32. The maximum Gasteiger partial charge on any atom is 0.239 e. The summed E-state index contributed by atoms with van der Waals surface area (Å²) in [7, 11) is 2.08. The number of piperazine rings is 1. The largest absolute Gasteiger partial charge is 0.339 e. The van der Waals surface area contributed by atoms with Crippen LogP contribution in [0.5, 0.6) is 0 Å². The lowest BCUT2D eigenvalue weighted by atomic mass is 10.1. The fraction of sp³-hybridized carbons (Fsp3) is 0.900. The number of likely N-dealkylation sites (N-methyl/N-ethyl adjacent to an activating group) is 1. The molecule has 4 heteroatoms. The van der Waals surface area contributed by atoms with Gasteiger partial charge in [0, 0.05) is 26.2 Å². The molecule has 0 aromatic carbocycles. The predicted octanol–water partition coefficient (Wildman–Crippen LogP) is -0.112. The number of carbonyl (C=O) groups excluding carboxylic acids is 1. The van der Waals surface area contributed by atoms with Crippen molar-refractivity contribution in [2.45, 2.75) is 25.8 Å². The summed E-state index contributed by atoms with van der Waals surface area (Å²) in [6, 6.07) is -0.289. The summed E-state index contributed by atoms with van der Waals surface area (Å²) < 4.78 is 0. The van der Waals surface area contributed by atoms with E-state index in [1.807, 2.05) is 4.90 Å². The highest BCUT2D eigenvalue weighted by Gasteiger charge is 2.23. The van der Waals surface area contributed by atoms with Gasteiger partial charge in [0.1, 0.15) is 0 Å². The zero-order valence-electron chi connectivity index (χ0n) is 9.20. The molecule has 1 rings (SSSR count). The highest BCUT2D eigenvalue weighted by Crippen LogP contribution is 2.04. The SMILES string of the molecule is CCC[C@@H](N)C(=O)N1CCN(C)CC1. The van der Waals surface area contributed by atoms with Crippen LogP contribution in [0, 0.1) is 0 Å². The highest BCUT2D eigenvalue weighted by atomic mass is 16.2. The molecule has 0 radical (unpaired) electrons. The summed E-state index contributed by atoms with van der Waals surface area (Å²) in [5.41, 5.74) is 5.79. The lowest BCUT2D eigenvalue weighted by molar-refractivity contribution is -0.134. The van der Waals surface area contributed by atoms with Crippen LogP contribution in [0.2, 0.25) is 0 Å². The normalized spacial score (nSPS) is 20.9. The monoisotopic (exact) mass is 199 g/mol. The minimum absolute atomic E-state index is 0.125. The lowest BCUT2D eigenvalue weighted by Crippen LogP contribution is -2.52. The molecule has 0 unspecified atom stereocenters. The number of hydrogen-bond acceptors (Lipinski definition) is 3. The Kier molecular flexibility index (Phi) is 4.35. The molecular formula is C10H21N3O. The van der Waals surface area contributed by atoms with E-state index in [-0.39, 0.29) is 11.9 Å². The van der Waals surface area contributed by atoms with Gasteiger partial charge in [0.15, 0.2) is 0 Å². The third-order valence-corrected chi connectivity index (χ3v) is 2.73. The van der Waals surface area contributed by atoms with Gasteiger partial charge in [-0.15, -0.1) is 0 Å². The van der Waals surface area contributed by atoms with Gasteiger partial charge in [-0.2, -0.15) is 0 Å². The summed E-state index contributed by atoms with van der Waals surface area (Å²) in [4.78, 5) is 15.9. The van der Waals surface area contributed by atoms with E-state index in [9.17, 15) is 4.79 Å². The average molecular weight is 199 g/mol. The lowest BCUT2D eigenvalue weighted by Gasteiger charge is -2.33. The van der Waals surface area contributed by atoms with Crippen molar-refractivity contribution < 1.29 is 4.79 Å². The second-order valence-corrected chi connectivity index (χ2v) is 4.02. The van der Waals surface area contributed by atoms with Crippen LogP contribution < -0.4 is 5.73 Å². The van der Waals surface area contributed by atoms with Crippen LogP contribution in [0.4, 0.5) is 0 Å². The van der Waals surface area contributed by atoms with Gasteiger partial charge in [-0.25, -0.2) is 0 Å². The van der Waals surface area contributed by atoms with Crippen molar-refractivity contribution in [1.29, 1.82) is 0 Å². The summed E-state index contributed by atoms with van der Waals surface area (Å²) >= 11 is 0. The van der Waals surface area contributed by atoms with Crippen LogP contribution in [0.1, 0.15) is 19.8 Å². The maximum absolute atomic E-state index is 11.8. The van der Waals surface area contributed by atoms with Crippen LogP contribution in [0.25, 0.3) is 0 Å². The summed E-state index contributed by atoms with van der Waals surface area (Å²) in [6.07, 6.45) is 1.77. The van der Waals surface area contributed by atoms with Crippen molar-refractivity contribution >= 4 is 5.91 Å². The quantitative estimate of drug-likeness (QED) is 0.690. The van der Waals surface area contributed by atoms with Gasteiger partial charge in [0.25, 0.3) is 0 Å². The van der Waals surface area contributed by atoms with Gasteiger partial charge >= 0.3 is 0 Å². The van der Waals surface area contributed by atoms with E-state index in [2.05, 4.69) is 18.9 Å². The highest BCUT2D eigenvalue weighted by molar-refractivity contribution is 5.81. The molecule has 0 aromatic rings. The fourth-order valence-electron chi connectivity index (χ4n) is 1.70. The Morgan fingerprint density at radius 2 is 1.93 bits per heavy atom. The Morgan fingerprint density at radius 3 is 2.43 bits per heavy atom. The van der Waals surface area contributed by atoms with Crippen LogP contribution in [0.15, 0.2) is 0 Å². The Labute approximate surface area is 86.0 Å². The topological polar surface area (TPSA) is 49.6 Å². The van der Waals surface area contributed by atoms with E-state index >= 15 is 0 Å². The van der Waals surface area contributed by atoms with Crippen molar-refractivity contribution in [1.82, 2.24) is 9.80 Å². The molecule has 0 spiro atoms. The number of hydrogen-bond donors (Lipinski definition) is 1. The van der Waals surface area contributed by atoms with Gasteiger partial charge in [-0.3, -0.25) is 4.79 Å². The maximum atomic E-state index is 11.8. The first-order valence-electron chi connectivity index (χ1n) is 5.38. The summed E-state index contributed by atoms with van der Waals surface area (Å²) in [5.74, 6) is 0.125. The van der Waals surface area contributed by atoms with E-state index in [4.69, 9.17) is 5.73 Å². The standard InChI is InChI=1S/C10H21N3O/c1-3-4-9(11)10(14)13-7-5-12(2)6-8-13/h9H,3-8,11H2,1-2H3/t9-/m1/s1. The zero-order chi connectivity index (χ0) is 10.6. The third kappa shape index (κ3) is 2.96. The number of carbonyl (C=O) groups is 1. The molecule has 1 amide bonds. The Morgan fingerprint density at radius 1 is 1.36 bits per heavy atom. The number of amides is 1. The van der Waals surface area contributed by atoms with Crippen molar-refractivity contribution in [2.75, 3.05) is 33.2 Å². The molecule has 82 valence electrons. The molecule has 1 heterocycles. The van der Waals surface area contributed by atoms with Crippen LogP contribution in [0.3, 0.4) is 0 Å². The number of rotatable bonds is 3. The molecule has 0 aromatic heterocycles. The van der Waals surface area contributed by atoms with Crippen LogP contribution in [-0.2, 0) is 4.79 Å². The van der Waals surface area contributed by atoms with E-state index in [1.54, 1.807) is 0 Å².